The summed E-state index contributed by atoms with van der Waals surface area (Å²) in [7, 11) is 0. The topological polar surface area (TPSA) is 135 Å². The summed E-state index contributed by atoms with van der Waals surface area (Å²) in [5.74, 6) is -5.88. The van der Waals surface area contributed by atoms with Crippen molar-refractivity contribution in [1.29, 1.82) is 0 Å². The van der Waals surface area contributed by atoms with Gasteiger partial charge in [0.1, 0.15) is 18.5 Å². The molecule has 1 saturated heterocycles. The molecule has 0 radical (unpaired) electrons. The lowest BCUT2D eigenvalue weighted by Gasteiger charge is -2.53. The van der Waals surface area contributed by atoms with Crippen molar-refractivity contribution in [2.24, 2.45) is 0 Å². The molecular weight excluding hydrogens is 607 g/mol. The molecule has 0 saturated carbocycles. The van der Waals surface area contributed by atoms with E-state index in [-0.39, 0.29) is 11.4 Å². The zero-order valence-electron chi connectivity index (χ0n) is 25.8. The monoisotopic (exact) mass is 642 g/mol. The van der Waals surface area contributed by atoms with Gasteiger partial charge in [0.2, 0.25) is 11.9 Å². The maximum atomic E-state index is 13.4. The van der Waals surface area contributed by atoms with Crippen LogP contribution in [0.1, 0.15) is 56.2 Å². The first-order valence-corrected chi connectivity index (χ1v) is 15.0. The zero-order valence-corrected chi connectivity index (χ0v) is 26.6. The second-order valence-corrected chi connectivity index (χ2v) is 12.2. The van der Waals surface area contributed by atoms with Crippen LogP contribution in [-0.4, -0.2) is 59.5 Å². The fourth-order valence-corrected chi connectivity index (χ4v) is 6.38. The Kier molecular flexibility index (Phi) is 10.1. The number of hydrogen-bond donors (Lipinski definition) is 1. The number of thiophene rings is 1. The van der Waals surface area contributed by atoms with Gasteiger partial charge in [-0.25, -0.2) is 4.39 Å². The third-order valence-corrected chi connectivity index (χ3v) is 8.63. The highest BCUT2D eigenvalue weighted by Gasteiger charge is 2.66. The average molecular weight is 643 g/mol. The van der Waals surface area contributed by atoms with E-state index in [0.717, 1.165) is 47.2 Å². The molecule has 1 N–H and O–H groups in total. The van der Waals surface area contributed by atoms with E-state index in [1.807, 2.05) is 19.1 Å². The summed E-state index contributed by atoms with van der Waals surface area (Å²) in [5, 5.41) is 12.3. The number of ether oxygens (including phenoxy) is 5. The van der Waals surface area contributed by atoms with E-state index >= 15 is 0 Å². The maximum Gasteiger partial charge on any atom is 0.303 e. The third-order valence-electron chi connectivity index (χ3n) is 7.49. The molecule has 1 aromatic heterocycles. The largest absolute Gasteiger partial charge is 0.463 e. The summed E-state index contributed by atoms with van der Waals surface area (Å²) in [5.41, 5.74) is 0.850. The minimum Gasteiger partial charge on any atom is -0.463 e. The third kappa shape index (κ3) is 7.58. The highest BCUT2D eigenvalue weighted by atomic mass is 32.1. The Balaban J connectivity index is 1.79. The van der Waals surface area contributed by atoms with Crippen molar-refractivity contribution >= 4 is 35.2 Å². The number of aryl methyl sites for hydroxylation is 1. The Hall–Kier alpha value is -4.13. The van der Waals surface area contributed by atoms with Crippen LogP contribution >= 0.6 is 11.3 Å². The van der Waals surface area contributed by atoms with Crippen LogP contribution < -0.4 is 0 Å². The van der Waals surface area contributed by atoms with Gasteiger partial charge in [0, 0.05) is 49.4 Å². The normalized spacial score (nSPS) is 24.4. The van der Waals surface area contributed by atoms with E-state index in [9.17, 15) is 28.7 Å². The van der Waals surface area contributed by atoms with Gasteiger partial charge in [0.15, 0.2) is 11.7 Å². The fraction of sp³-hybridized carbons (Fsp3) is 0.394. The summed E-state index contributed by atoms with van der Waals surface area (Å²) < 4.78 is 41.5. The van der Waals surface area contributed by atoms with E-state index in [2.05, 4.69) is 0 Å². The first-order chi connectivity index (χ1) is 21.1. The molecule has 0 aliphatic carbocycles. The maximum absolute atomic E-state index is 13.4. The second kappa shape index (κ2) is 13.5. The number of esters is 4. The summed E-state index contributed by atoms with van der Waals surface area (Å²) in [6, 6.07) is 15.1. The zero-order chi connectivity index (χ0) is 33.1. The number of benzene rings is 2. The van der Waals surface area contributed by atoms with Gasteiger partial charge < -0.3 is 28.8 Å². The number of carbonyl (C=O) groups is 4. The highest BCUT2D eigenvalue weighted by Crippen LogP contribution is 2.46. The van der Waals surface area contributed by atoms with E-state index < -0.39 is 60.2 Å². The summed E-state index contributed by atoms with van der Waals surface area (Å²) in [6.07, 6.45) is -4.21. The molecule has 3 aromatic rings. The minimum absolute atomic E-state index is 0.152. The van der Waals surface area contributed by atoms with Gasteiger partial charge in [0.25, 0.3) is 0 Å². The first kappa shape index (κ1) is 33.8. The van der Waals surface area contributed by atoms with Crippen molar-refractivity contribution in [1.82, 2.24) is 0 Å². The second-order valence-electron chi connectivity index (χ2n) is 11.0. The van der Waals surface area contributed by atoms with Crippen molar-refractivity contribution in [2.75, 3.05) is 6.61 Å². The van der Waals surface area contributed by atoms with Crippen molar-refractivity contribution in [3.05, 3.63) is 82.0 Å². The van der Waals surface area contributed by atoms with Crippen LogP contribution in [0.15, 0.2) is 54.6 Å². The molecule has 1 fully saturated rings. The lowest BCUT2D eigenvalue weighted by Crippen LogP contribution is -2.72. The van der Waals surface area contributed by atoms with Crippen LogP contribution in [0.25, 0.3) is 10.4 Å². The van der Waals surface area contributed by atoms with Crippen LogP contribution in [-0.2, 0) is 55.1 Å². The SMILES string of the molecule is CC(=O)OCC1OC(O)(c2ccc(C)c(Cc3ccc(-c4ccc(F)cc4)s3)c2)C(OC(C)=O)C(OC(C)=O)C1(C)OC(C)=O. The Morgan fingerprint density at radius 3 is 2.13 bits per heavy atom. The van der Waals surface area contributed by atoms with Gasteiger partial charge in [-0.05, 0) is 60.9 Å². The predicted molar refractivity (Wildman–Crippen MR) is 160 cm³/mol. The average Bonchev–Trinajstić information content (AvgIpc) is 3.41. The number of carbonyl (C=O) groups excluding carboxylic acids is 4. The number of hydrogen-bond acceptors (Lipinski definition) is 11. The first-order valence-electron chi connectivity index (χ1n) is 14.1. The molecule has 1 aliphatic heterocycles. The van der Waals surface area contributed by atoms with Crippen molar-refractivity contribution in [3.63, 3.8) is 0 Å². The predicted octanol–water partition coefficient (Wildman–Crippen LogP) is 4.75. The van der Waals surface area contributed by atoms with Crippen LogP contribution in [0.4, 0.5) is 4.39 Å². The lowest BCUT2D eigenvalue weighted by atomic mass is 9.79. The Morgan fingerprint density at radius 1 is 0.889 bits per heavy atom. The van der Waals surface area contributed by atoms with Crippen LogP contribution in [0, 0.1) is 12.7 Å². The fourth-order valence-electron chi connectivity index (χ4n) is 5.34. The van der Waals surface area contributed by atoms with E-state index in [4.69, 9.17) is 23.7 Å². The molecular formula is C33H35FO10S. The minimum atomic E-state index is -2.45. The highest BCUT2D eigenvalue weighted by molar-refractivity contribution is 7.15. The molecule has 240 valence electrons. The molecule has 5 unspecified atom stereocenters. The molecule has 2 aromatic carbocycles. The lowest BCUT2D eigenvalue weighted by molar-refractivity contribution is -0.380. The number of halogens is 1. The van der Waals surface area contributed by atoms with Crippen molar-refractivity contribution < 1.29 is 52.4 Å². The van der Waals surface area contributed by atoms with Gasteiger partial charge in [-0.1, -0.05) is 24.3 Å². The van der Waals surface area contributed by atoms with Gasteiger partial charge in [-0.3, -0.25) is 19.2 Å². The molecule has 4 rings (SSSR count). The molecule has 5 atom stereocenters. The van der Waals surface area contributed by atoms with E-state index in [0.29, 0.717) is 6.42 Å². The van der Waals surface area contributed by atoms with Gasteiger partial charge >= 0.3 is 23.9 Å². The number of aliphatic hydroxyl groups is 1. The Bertz CT molecular complexity index is 1580. The molecule has 10 nitrogen and oxygen atoms in total. The Labute approximate surface area is 264 Å². The van der Waals surface area contributed by atoms with Crippen LogP contribution in [0.2, 0.25) is 0 Å². The van der Waals surface area contributed by atoms with Crippen LogP contribution in [0.5, 0.6) is 0 Å². The Morgan fingerprint density at radius 2 is 1.53 bits per heavy atom. The molecule has 45 heavy (non-hydrogen) atoms. The molecule has 1 aliphatic rings. The molecule has 0 amide bonds. The smallest absolute Gasteiger partial charge is 0.303 e. The summed E-state index contributed by atoms with van der Waals surface area (Å²) in [4.78, 5) is 50.6. The molecule has 2 heterocycles. The molecule has 12 heteroatoms. The van der Waals surface area contributed by atoms with Gasteiger partial charge in [0.05, 0.1) is 0 Å². The van der Waals surface area contributed by atoms with Gasteiger partial charge in [-0.15, -0.1) is 11.3 Å². The summed E-state index contributed by atoms with van der Waals surface area (Å²) >= 11 is 1.53. The van der Waals surface area contributed by atoms with Gasteiger partial charge in [-0.2, -0.15) is 0 Å². The number of rotatable bonds is 9. The van der Waals surface area contributed by atoms with E-state index in [1.165, 1.54) is 37.3 Å². The molecule has 0 spiro atoms. The standard InChI is InChI=1S/C33H35FO10S/c1-18-7-10-25(15-24(18)16-27-13-14-28(45-27)23-8-11-26(34)12-9-23)33(39)31(42-21(4)37)30(41-20(3)36)32(6,43-22(5)38)29(44-33)17-40-19(2)35/h7-15,29-31,39H,16-17H2,1-6H3. The van der Waals surface area contributed by atoms with Crippen molar-refractivity contribution in [2.45, 2.75) is 77.7 Å². The quantitative estimate of drug-likeness (QED) is 0.258. The molecule has 0 bridgehead atoms. The summed E-state index contributed by atoms with van der Waals surface area (Å²) in [6.45, 7) is 7.29. The van der Waals surface area contributed by atoms with Crippen molar-refractivity contribution in [3.8, 4) is 10.4 Å². The van der Waals surface area contributed by atoms with Crippen LogP contribution in [0.3, 0.4) is 0 Å². The van der Waals surface area contributed by atoms with E-state index in [1.54, 1.807) is 30.3 Å².